The molecule has 6 heteroatoms. The third-order valence-corrected chi connectivity index (χ3v) is 3.18. The van der Waals surface area contributed by atoms with Crippen molar-refractivity contribution in [2.24, 2.45) is 0 Å². The van der Waals surface area contributed by atoms with E-state index in [4.69, 9.17) is 11.6 Å². The average Bonchev–Trinajstić information content (AvgIpc) is 2.70. The number of aromatic nitrogens is 2. The van der Waals surface area contributed by atoms with Gasteiger partial charge in [-0.3, -0.25) is 4.57 Å². The van der Waals surface area contributed by atoms with Crippen LogP contribution in [0.2, 0.25) is 5.02 Å². The number of H-pyrrole nitrogens is 1. The standard InChI is InChI=1S/C13H9ClN2O3/c14-7-5-12(18)10(6-11(7)17)16-9-4-2-1-3-8(9)15-13(16)19/h1-6,17-18H,(H,15,19). The predicted molar refractivity (Wildman–Crippen MR) is 72.2 cm³/mol. The highest BCUT2D eigenvalue weighted by Gasteiger charge is 2.14. The van der Waals surface area contributed by atoms with Crippen LogP contribution in [0.3, 0.4) is 0 Å². The summed E-state index contributed by atoms with van der Waals surface area (Å²) in [4.78, 5) is 14.6. The summed E-state index contributed by atoms with van der Waals surface area (Å²) < 4.78 is 1.28. The Morgan fingerprint density at radius 3 is 2.63 bits per heavy atom. The van der Waals surface area contributed by atoms with E-state index in [-0.39, 0.29) is 22.2 Å². The van der Waals surface area contributed by atoms with Crippen LogP contribution in [0.25, 0.3) is 16.7 Å². The van der Waals surface area contributed by atoms with Crippen molar-refractivity contribution in [2.75, 3.05) is 0 Å². The van der Waals surface area contributed by atoms with Crippen molar-refractivity contribution in [1.29, 1.82) is 0 Å². The van der Waals surface area contributed by atoms with Gasteiger partial charge in [-0.15, -0.1) is 0 Å². The van der Waals surface area contributed by atoms with E-state index in [0.29, 0.717) is 11.0 Å². The van der Waals surface area contributed by atoms with Crippen molar-refractivity contribution in [2.45, 2.75) is 0 Å². The molecule has 0 saturated carbocycles. The monoisotopic (exact) mass is 276 g/mol. The highest BCUT2D eigenvalue weighted by atomic mass is 35.5. The maximum Gasteiger partial charge on any atom is 0.331 e. The fourth-order valence-electron chi connectivity index (χ4n) is 2.01. The lowest BCUT2D eigenvalue weighted by Crippen LogP contribution is -2.14. The largest absolute Gasteiger partial charge is 0.506 e. The van der Waals surface area contributed by atoms with Crippen molar-refractivity contribution >= 4 is 22.6 Å². The van der Waals surface area contributed by atoms with E-state index in [0.717, 1.165) is 0 Å². The summed E-state index contributed by atoms with van der Waals surface area (Å²) in [5.74, 6) is -0.388. The topological polar surface area (TPSA) is 78.2 Å². The first kappa shape index (κ1) is 11.7. The quantitative estimate of drug-likeness (QED) is 0.597. The van der Waals surface area contributed by atoms with E-state index >= 15 is 0 Å². The zero-order valence-corrected chi connectivity index (χ0v) is 10.3. The molecule has 0 aliphatic rings. The van der Waals surface area contributed by atoms with Crippen LogP contribution in [0.5, 0.6) is 11.5 Å². The molecule has 0 bridgehead atoms. The molecule has 0 spiro atoms. The van der Waals surface area contributed by atoms with Gasteiger partial charge in [0.15, 0.2) is 0 Å². The molecule has 5 nitrogen and oxygen atoms in total. The molecule has 19 heavy (non-hydrogen) atoms. The van der Waals surface area contributed by atoms with Crippen LogP contribution in [-0.4, -0.2) is 19.8 Å². The lowest BCUT2D eigenvalue weighted by molar-refractivity contribution is 0.458. The first-order chi connectivity index (χ1) is 9.08. The second kappa shape index (κ2) is 4.07. The van der Waals surface area contributed by atoms with E-state index in [1.54, 1.807) is 24.3 Å². The Balaban J connectivity index is 2.40. The van der Waals surface area contributed by atoms with E-state index in [9.17, 15) is 15.0 Å². The highest BCUT2D eigenvalue weighted by Crippen LogP contribution is 2.33. The Morgan fingerprint density at radius 1 is 1.11 bits per heavy atom. The molecule has 0 radical (unpaired) electrons. The number of aromatic amines is 1. The van der Waals surface area contributed by atoms with Gasteiger partial charge in [0.2, 0.25) is 0 Å². The highest BCUT2D eigenvalue weighted by molar-refractivity contribution is 6.32. The summed E-state index contributed by atoms with van der Waals surface area (Å²) in [6.45, 7) is 0. The Hall–Kier alpha value is -2.40. The molecule has 0 saturated heterocycles. The summed E-state index contributed by atoms with van der Waals surface area (Å²) in [6.07, 6.45) is 0. The molecule has 0 fully saturated rings. The number of para-hydroxylation sites is 2. The fraction of sp³-hybridized carbons (Fsp3) is 0. The van der Waals surface area contributed by atoms with Crippen LogP contribution in [0.1, 0.15) is 0 Å². The maximum absolute atomic E-state index is 12.0. The number of imidazole rings is 1. The number of benzene rings is 2. The van der Waals surface area contributed by atoms with Crippen molar-refractivity contribution in [3.63, 3.8) is 0 Å². The molecule has 0 amide bonds. The van der Waals surface area contributed by atoms with Crippen molar-refractivity contribution in [1.82, 2.24) is 9.55 Å². The van der Waals surface area contributed by atoms with Crippen molar-refractivity contribution < 1.29 is 10.2 Å². The molecule has 2 aromatic carbocycles. The van der Waals surface area contributed by atoms with Gasteiger partial charge in [0.1, 0.15) is 11.5 Å². The van der Waals surface area contributed by atoms with Crippen LogP contribution < -0.4 is 5.69 Å². The number of rotatable bonds is 1. The Kier molecular flexibility index (Phi) is 2.50. The Labute approximate surface area is 112 Å². The van der Waals surface area contributed by atoms with Gasteiger partial charge in [0, 0.05) is 12.1 Å². The molecule has 0 unspecified atom stereocenters. The van der Waals surface area contributed by atoms with Gasteiger partial charge in [0.05, 0.1) is 21.7 Å². The van der Waals surface area contributed by atoms with Gasteiger partial charge < -0.3 is 15.2 Å². The van der Waals surface area contributed by atoms with Crippen molar-refractivity contribution in [3.05, 3.63) is 51.9 Å². The van der Waals surface area contributed by atoms with Gasteiger partial charge in [0.25, 0.3) is 0 Å². The number of hydrogen-bond donors (Lipinski definition) is 3. The number of aromatic hydroxyl groups is 2. The molecule has 1 heterocycles. The zero-order valence-electron chi connectivity index (χ0n) is 9.59. The fourth-order valence-corrected chi connectivity index (χ4v) is 2.17. The van der Waals surface area contributed by atoms with E-state index in [1.807, 2.05) is 0 Å². The lowest BCUT2D eigenvalue weighted by Gasteiger charge is -2.07. The first-order valence-electron chi connectivity index (χ1n) is 5.49. The lowest BCUT2D eigenvalue weighted by atomic mass is 10.2. The molecule has 3 rings (SSSR count). The average molecular weight is 277 g/mol. The predicted octanol–water partition coefficient (Wildman–Crippen LogP) is 2.38. The van der Waals surface area contributed by atoms with Crippen LogP contribution in [0.4, 0.5) is 0 Å². The van der Waals surface area contributed by atoms with Gasteiger partial charge in [-0.25, -0.2) is 4.79 Å². The number of phenols is 2. The van der Waals surface area contributed by atoms with Gasteiger partial charge in [-0.1, -0.05) is 23.7 Å². The third kappa shape index (κ3) is 1.75. The van der Waals surface area contributed by atoms with Crippen LogP contribution >= 0.6 is 11.6 Å². The molecule has 96 valence electrons. The molecule has 0 aliphatic heterocycles. The minimum atomic E-state index is -0.404. The van der Waals surface area contributed by atoms with Gasteiger partial charge >= 0.3 is 5.69 Å². The number of fused-ring (bicyclic) bond motifs is 1. The zero-order chi connectivity index (χ0) is 13.6. The number of halogens is 1. The molecule has 0 atom stereocenters. The minimum Gasteiger partial charge on any atom is -0.506 e. The van der Waals surface area contributed by atoms with E-state index in [1.165, 1.54) is 16.7 Å². The smallest absolute Gasteiger partial charge is 0.331 e. The number of nitrogens with one attached hydrogen (secondary N) is 1. The summed E-state index contributed by atoms with van der Waals surface area (Å²) in [7, 11) is 0. The van der Waals surface area contributed by atoms with Crippen LogP contribution in [0, 0.1) is 0 Å². The molecule has 3 aromatic rings. The van der Waals surface area contributed by atoms with Gasteiger partial charge in [-0.05, 0) is 12.1 Å². The SMILES string of the molecule is O=c1[nH]c2ccccc2n1-c1cc(O)c(Cl)cc1O. The molecule has 0 aliphatic carbocycles. The second-order valence-electron chi connectivity index (χ2n) is 4.08. The summed E-state index contributed by atoms with van der Waals surface area (Å²) in [6, 6.07) is 9.50. The number of nitrogens with zero attached hydrogens (tertiary/aromatic N) is 1. The number of phenolic OH excluding ortho intramolecular Hbond substituents is 2. The second-order valence-corrected chi connectivity index (χ2v) is 4.48. The molecular formula is C13H9ClN2O3. The first-order valence-corrected chi connectivity index (χ1v) is 5.87. The van der Waals surface area contributed by atoms with Crippen LogP contribution in [-0.2, 0) is 0 Å². The summed E-state index contributed by atoms with van der Waals surface area (Å²) in [5.41, 5.74) is 1.01. The normalized spacial score (nSPS) is 11.0. The number of hydrogen-bond acceptors (Lipinski definition) is 3. The maximum atomic E-state index is 12.0. The minimum absolute atomic E-state index is 0.0224. The summed E-state index contributed by atoms with van der Waals surface area (Å²) in [5, 5.41) is 19.5. The van der Waals surface area contributed by atoms with Crippen LogP contribution in [0.15, 0.2) is 41.2 Å². The van der Waals surface area contributed by atoms with Crippen molar-refractivity contribution in [3.8, 4) is 17.2 Å². The Bertz CT molecular complexity index is 836. The molecular weight excluding hydrogens is 268 g/mol. The molecule has 3 N–H and O–H groups in total. The molecule has 1 aromatic heterocycles. The summed E-state index contributed by atoms with van der Waals surface area (Å²) >= 11 is 5.70. The van der Waals surface area contributed by atoms with E-state index in [2.05, 4.69) is 4.98 Å². The van der Waals surface area contributed by atoms with E-state index < -0.39 is 5.69 Å². The Morgan fingerprint density at radius 2 is 1.84 bits per heavy atom. The van der Waals surface area contributed by atoms with Gasteiger partial charge in [-0.2, -0.15) is 0 Å². The third-order valence-electron chi connectivity index (χ3n) is 2.87.